The van der Waals surface area contributed by atoms with Gasteiger partial charge in [-0.25, -0.2) is 0 Å². The van der Waals surface area contributed by atoms with Crippen molar-refractivity contribution in [3.8, 4) is 5.75 Å². The van der Waals surface area contributed by atoms with E-state index in [1.807, 2.05) is 0 Å². The molecule has 0 bridgehead atoms. The number of rotatable bonds is 2. The molecule has 2 heterocycles. The number of nitrogens with zero attached hydrogens (tertiary/aromatic N) is 2. The summed E-state index contributed by atoms with van der Waals surface area (Å²) in [5, 5.41) is 0. The Bertz CT molecular complexity index is 395. The molecule has 2 rings (SSSR count). The van der Waals surface area contributed by atoms with E-state index in [2.05, 4.69) is 4.98 Å². The van der Waals surface area contributed by atoms with Crippen LogP contribution in [-0.2, 0) is 0 Å². The molecule has 86 valence electrons. The van der Waals surface area contributed by atoms with E-state index in [4.69, 9.17) is 10.5 Å². The van der Waals surface area contributed by atoms with Crippen molar-refractivity contribution < 1.29 is 9.53 Å². The van der Waals surface area contributed by atoms with Gasteiger partial charge in [-0.1, -0.05) is 0 Å². The molecule has 1 atom stereocenters. The van der Waals surface area contributed by atoms with Gasteiger partial charge in [0.1, 0.15) is 5.75 Å². The minimum Gasteiger partial charge on any atom is -0.494 e. The van der Waals surface area contributed by atoms with Crippen molar-refractivity contribution in [3.63, 3.8) is 0 Å². The van der Waals surface area contributed by atoms with Gasteiger partial charge in [-0.05, 0) is 12.5 Å². The van der Waals surface area contributed by atoms with Crippen LogP contribution in [0.1, 0.15) is 16.8 Å². The zero-order valence-electron chi connectivity index (χ0n) is 9.22. The van der Waals surface area contributed by atoms with Crippen molar-refractivity contribution >= 4 is 5.91 Å². The molecule has 1 aliphatic rings. The molecular weight excluding hydrogens is 206 g/mol. The molecule has 0 aliphatic carbocycles. The molecule has 16 heavy (non-hydrogen) atoms. The maximum atomic E-state index is 12.1. The Morgan fingerprint density at radius 2 is 2.50 bits per heavy atom. The number of hydrogen-bond acceptors (Lipinski definition) is 4. The summed E-state index contributed by atoms with van der Waals surface area (Å²) in [4.78, 5) is 17.8. The summed E-state index contributed by atoms with van der Waals surface area (Å²) in [5.41, 5.74) is 6.32. The second kappa shape index (κ2) is 4.49. The van der Waals surface area contributed by atoms with E-state index in [9.17, 15) is 4.79 Å². The lowest BCUT2D eigenvalue weighted by molar-refractivity contribution is 0.0787. The van der Waals surface area contributed by atoms with Crippen molar-refractivity contribution in [2.45, 2.75) is 12.5 Å². The van der Waals surface area contributed by atoms with Crippen LogP contribution in [0.4, 0.5) is 0 Å². The van der Waals surface area contributed by atoms with Crippen molar-refractivity contribution in [2.24, 2.45) is 5.73 Å². The van der Waals surface area contributed by atoms with Crippen molar-refractivity contribution in [1.29, 1.82) is 0 Å². The summed E-state index contributed by atoms with van der Waals surface area (Å²) in [6.07, 6.45) is 3.99. The average Bonchev–Trinajstić information content (AvgIpc) is 2.75. The maximum absolute atomic E-state index is 12.1. The smallest absolute Gasteiger partial charge is 0.257 e. The van der Waals surface area contributed by atoms with Crippen LogP contribution in [0.25, 0.3) is 0 Å². The monoisotopic (exact) mass is 221 g/mol. The van der Waals surface area contributed by atoms with Gasteiger partial charge in [0.05, 0.1) is 18.9 Å². The first-order valence-electron chi connectivity index (χ1n) is 5.25. The number of nitrogens with two attached hydrogens (primary N) is 1. The van der Waals surface area contributed by atoms with Crippen LogP contribution < -0.4 is 10.5 Å². The molecule has 0 saturated carbocycles. The number of likely N-dealkylation sites (tertiary alicyclic amines) is 1. The van der Waals surface area contributed by atoms with E-state index in [1.54, 1.807) is 23.4 Å². The molecule has 1 saturated heterocycles. The van der Waals surface area contributed by atoms with E-state index in [0.29, 0.717) is 24.4 Å². The van der Waals surface area contributed by atoms with E-state index in [-0.39, 0.29) is 11.9 Å². The van der Waals surface area contributed by atoms with Crippen LogP contribution in [0.3, 0.4) is 0 Å². The number of carbonyl (C=O) groups excluding carboxylic acids is 1. The van der Waals surface area contributed by atoms with Gasteiger partial charge >= 0.3 is 0 Å². The number of amides is 1. The van der Waals surface area contributed by atoms with E-state index >= 15 is 0 Å². The number of pyridine rings is 1. The minimum absolute atomic E-state index is 0.0350. The summed E-state index contributed by atoms with van der Waals surface area (Å²) >= 11 is 0. The zero-order chi connectivity index (χ0) is 11.5. The number of carbonyl (C=O) groups is 1. The second-order valence-corrected chi connectivity index (χ2v) is 3.88. The minimum atomic E-state index is -0.0350. The highest BCUT2D eigenvalue weighted by atomic mass is 16.5. The molecule has 5 heteroatoms. The molecule has 0 spiro atoms. The standard InChI is InChI=1S/C11H15N3O2/c1-16-10-6-13-4-2-9(10)11(15)14-5-3-8(12)7-14/h2,4,6,8H,3,5,7,12H2,1H3/t8-/m1/s1. The lowest BCUT2D eigenvalue weighted by atomic mass is 10.2. The van der Waals surface area contributed by atoms with Crippen LogP contribution >= 0.6 is 0 Å². The van der Waals surface area contributed by atoms with E-state index in [1.165, 1.54) is 7.11 Å². The molecule has 1 aromatic rings. The number of methoxy groups -OCH3 is 1. The highest BCUT2D eigenvalue weighted by Crippen LogP contribution is 2.20. The van der Waals surface area contributed by atoms with Gasteiger partial charge in [0, 0.05) is 25.3 Å². The molecule has 2 N–H and O–H groups in total. The Morgan fingerprint density at radius 1 is 1.69 bits per heavy atom. The third-order valence-corrected chi connectivity index (χ3v) is 2.75. The number of ether oxygens (including phenoxy) is 1. The SMILES string of the molecule is COc1cnccc1C(=O)N1CC[C@@H](N)C1. The average molecular weight is 221 g/mol. The first kappa shape index (κ1) is 10.9. The van der Waals surface area contributed by atoms with Crippen molar-refractivity contribution in [2.75, 3.05) is 20.2 Å². The van der Waals surface area contributed by atoms with Crippen molar-refractivity contribution in [3.05, 3.63) is 24.0 Å². The fourth-order valence-electron chi connectivity index (χ4n) is 1.86. The Labute approximate surface area is 94.2 Å². The summed E-state index contributed by atoms with van der Waals surface area (Å²) in [6, 6.07) is 1.77. The quantitative estimate of drug-likeness (QED) is 0.778. The lowest BCUT2D eigenvalue weighted by Gasteiger charge is -2.17. The van der Waals surface area contributed by atoms with E-state index < -0.39 is 0 Å². The van der Waals surface area contributed by atoms with Gasteiger partial charge < -0.3 is 15.4 Å². The lowest BCUT2D eigenvalue weighted by Crippen LogP contribution is -2.32. The Balaban J connectivity index is 2.20. The topological polar surface area (TPSA) is 68.5 Å². The summed E-state index contributed by atoms with van der Waals surface area (Å²) < 4.78 is 5.11. The first-order valence-corrected chi connectivity index (χ1v) is 5.25. The highest BCUT2D eigenvalue weighted by molar-refractivity contribution is 5.96. The van der Waals surface area contributed by atoms with Crippen LogP contribution in [0.15, 0.2) is 18.5 Å². The fourth-order valence-corrected chi connectivity index (χ4v) is 1.86. The molecule has 0 aromatic carbocycles. The summed E-state index contributed by atoms with van der Waals surface area (Å²) in [5.74, 6) is 0.472. The maximum Gasteiger partial charge on any atom is 0.257 e. The molecule has 1 fully saturated rings. The predicted octanol–water partition coefficient (Wildman–Crippen LogP) is 0.263. The van der Waals surface area contributed by atoms with Gasteiger partial charge in [-0.15, -0.1) is 0 Å². The van der Waals surface area contributed by atoms with E-state index in [0.717, 1.165) is 6.42 Å². The molecule has 1 amide bonds. The third-order valence-electron chi connectivity index (χ3n) is 2.75. The van der Waals surface area contributed by atoms with Crippen LogP contribution in [0, 0.1) is 0 Å². The molecule has 0 unspecified atom stereocenters. The van der Waals surface area contributed by atoms with Gasteiger partial charge in [-0.2, -0.15) is 0 Å². The largest absolute Gasteiger partial charge is 0.494 e. The predicted molar refractivity (Wildman–Crippen MR) is 59.3 cm³/mol. The van der Waals surface area contributed by atoms with Crippen LogP contribution in [0.2, 0.25) is 0 Å². The number of hydrogen-bond donors (Lipinski definition) is 1. The molecule has 1 aromatic heterocycles. The molecule has 5 nitrogen and oxygen atoms in total. The van der Waals surface area contributed by atoms with Crippen molar-refractivity contribution in [1.82, 2.24) is 9.88 Å². The molecule has 0 radical (unpaired) electrons. The highest BCUT2D eigenvalue weighted by Gasteiger charge is 2.26. The second-order valence-electron chi connectivity index (χ2n) is 3.88. The molecular formula is C11H15N3O2. The number of aromatic nitrogens is 1. The van der Waals surface area contributed by atoms with Gasteiger partial charge in [-0.3, -0.25) is 9.78 Å². The molecule has 1 aliphatic heterocycles. The van der Waals surface area contributed by atoms with Crippen LogP contribution in [-0.4, -0.2) is 42.0 Å². The van der Waals surface area contributed by atoms with Gasteiger partial charge in [0.25, 0.3) is 5.91 Å². The van der Waals surface area contributed by atoms with Gasteiger partial charge in [0.15, 0.2) is 0 Å². The first-order chi connectivity index (χ1) is 7.72. The summed E-state index contributed by atoms with van der Waals surface area (Å²) in [7, 11) is 1.53. The third kappa shape index (κ3) is 1.99. The zero-order valence-corrected chi connectivity index (χ0v) is 9.22. The normalized spacial score (nSPS) is 19.9. The Kier molecular flexibility index (Phi) is 3.05. The fraction of sp³-hybridized carbons (Fsp3) is 0.455. The van der Waals surface area contributed by atoms with Crippen LogP contribution in [0.5, 0.6) is 5.75 Å². The Morgan fingerprint density at radius 3 is 3.12 bits per heavy atom. The Hall–Kier alpha value is -1.62. The summed E-state index contributed by atoms with van der Waals surface area (Å²) in [6.45, 7) is 1.33. The van der Waals surface area contributed by atoms with Gasteiger partial charge in [0.2, 0.25) is 0 Å².